The number of amides is 1. The lowest BCUT2D eigenvalue weighted by molar-refractivity contribution is -0.120. The molecule has 0 atom stereocenters. The first kappa shape index (κ1) is 12.7. The monoisotopic (exact) mass is 281 g/mol. The molecule has 2 heterocycles. The van der Waals surface area contributed by atoms with E-state index in [0.717, 1.165) is 10.6 Å². The second-order valence-electron chi connectivity index (χ2n) is 3.31. The molecule has 2 aromatic rings. The molecule has 0 fully saturated rings. The predicted molar refractivity (Wildman–Crippen MR) is 73.2 cm³/mol. The summed E-state index contributed by atoms with van der Waals surface area (Å²) < 4.78 is 0. The summed E-state index contributed by atoms with van der Waals surface area (Å²) >= 11 is 2.93. The molecule has 0 aliphatic carbocycles. The van der Waals surface area contributed by atoms with Crippen molar-refractivity contribution in [2.45, 2.75) is 6.92 Å². The molecule has 1 amide bonds. The lowest BCUT2D eigenvalue weighted by atomic mass is 10.3. The Hall–Kier alpha value is -1.73. The highest BCUT2D eigenvalue weighted by Crippen LogP contribution is 2.11. The first-order chi connectivity index (χ1) is 8.75. The van der Waals surface area contributed by atoms with Crippen LogP contribution in [0.15, 0.2) is 34.2 Å². The second-order valence-corrected chi connectivity index (χ2v) is 5.16. The molecule has 94 valence electrons. The normalized spacial score (nSPS) is 11.3. The maximum Gasteiger partial charge on any atom is 0.266 e. The number of nitrogens with one attached hydrogen (secondary N) is 1. The van der Waals surface area contributed by atoms with Gasteiger partial charge < -0.3 is 4.84 Å². The van der Waals surface area contributed by atoms with Gasteiger partial charge in [0.05, 0.1) is 10.6 Å². The van der Waals surface area contributed by atoms with Gasteiger partial charge in [-0.15, -0.1) is 22.7 Å². The molecule has 0 unspecified atom stereocenters. The Bertz CT molecular complexity index is 520. The first-order valence-corrected chi connectivity index (χ1v) is 6.91. The SMILES string of the molecule is C/C(=N/OCC(=O)Nc1nccs1)c1cccs1. The van der Waals surface area contributed by atoms with Crippen LogP contribution in [0.2, 0.25) is 0 Å². The summed E-state index contributed by atoms with van der Waals surface area (Å²) in [6, 6.07) is 3.89. The minimum atomic E-state index is -0.271. The van der Waals surface area contributed by atoms with Gasteiger partial charge >= 0.3 is 0 Å². The second kappa shape index (κ2) is 6.27. The van der Waals surface area contributed by atoms with Crippen LogP contribution in [0.3, 0.4) is 0 Å². The quantitative estimate of drug-likeness (QED) is 0.676. The Morgan fingerprint density at radius 2 is 2.39 bits per heavy atom. The Labute approximate surface area is 112 Å². The highest BCUT2D eigenvalue weighted by Gasteiger charge is 2.04. The minimum Gasteiger partial charge on any atom is -0.385 e. The molecule has 0 spiro atoms. The molecular weight excluding hydrogens is 270 g/mol. The van der Waals surface area contributed by atoms with Gasteiger partial charge in [0.25, 0.3) is 5.91 Å². The number of carbonyl (C=O) groups is 1. The number of aromatic nitrogens is 1. The molecular formula is C11H11N3O2S2. The molecule has 0 radical (unpaired) electrons. The van der Waals surface area contributed by atoms with Crippen LogP contribution in [-0.4, -0.2) is 23.2 Å². The van der Waals surface area contributed by atoms with Crippen molar-refractivity contribution in [2.24, 2.45) is 5.16 Å². The Morgan fingerprint density at radius 3 is 3.06 bits per heavy atom. The molecule has 0 aliphatic heterocycles. The van der Waals surface area contributed by atoms with E-state index in [0.29, 0.717) is 5.13 Å². The highest BCUT2D eigenvalue weighted by molar-refractivity contribution is 7.13. The minimum absolute atomic E-state index is 0.123. The van der Waals surface area contributed by atoms with Crippen molar-refractivity contribution in [3.05, 3.63) is 34.0 Å². The van der Waals surface area contributed by atoms with Gasteiger partial charge in [-0.25, -0.2) is 4.98 Å². The van der Waals surface area contributed by atoms with Crippen LogP contribution in [0.25, 0.3) is 0 Å². The van der Waals surface area contributed by atoms with E-state index in [4.69, 9.17) is 4.84 Å². The lowest BCUT2D eigenvalue weighted by Gasteiger charge is -2.01. The molecule has 18 heavy (non-hydrogen) atoms. The largest absolute Gasteiger partial charge is 0.385 e. The summed E-state index contributed by atoms with van der Waals surface area (Å²) in [5, 5.41) is 10.8. The molecule has 0 aromatic carbocycles. The topological polar surface area (TPSA) is 63.6 Å². The fourth-order valence-electron chi connectivity index (χ4n) is 1.16. The van der Waals surface area contributed by atoms with E-state index in [1.54, 1.807) is 22.9 Å². The molecule has 2 aromatic heterocycles. The van der Waals surface area contributed by atoms with E-state index in [-0.39, 0.29) is 12.5 Å². The van der Waals surface area contributed by atoms with E-state index in [1.165, 1.54) is 11.3 Å². The number of carbonyl (C=O) groups excluding carboxylic acids is 1. The number of thiophene rings is 1. The maximum atomic E-state index is 11.4. The maximum absolute atomic E-state index is 11.4. The third-order valence-electron chi connectivity index (χ3n) is 1.95. The summed E-state index contributed by atoms with van der Waals surface area (Å²) in [5.41, 5.74) is 0.757. The summed E-state index contributed by atoms with van der Waals surface area (Å²) in [4.78, 5) is 21.4. The third kappa shape index (κ3) is 3.64. The zero-order chi connectivity index (χ0) is 12.8. The van der Waals surface area contributed by atoms with Gasteiger partial charge in [0.1, 0.15) is 0 Å². The van der Waals surface area contributed by atoms with Crippen molar-refractivity contribution in [3.63, 3.8) is 0 Å². The standard InChI is InChI=1S/C11H11N3O2S2/c1-8(9-3-2-5-17-9)14-16-7-10(15)13-11-12-4-6-18-11/h2-6H,7H2,1H3,(H,12,13,15)/b14-8-. The van der Waals surface area contributed by atoms with Crippen molar-refractivity contribution >= 4 is 39.4 Å². The Morgan fingerprint density at radius 1 is 1.50 bits per heavy atom. The van der Waals surface area contributed by atoms with Gasteiger partial charge in [-0.05, 0) is 18.4 Å². The molecule has 5 nitrogen and oxygen atoms in total. The van der Waals surface area contributed by atoms with E-state index in [1.807, 2.05) is 24.4 Å². The van der Waals surface area contributed by atoms with E-state index in [9.17, 15) is 4.79 Å². The molecule has 0 aliphatic rings. The summed E-state index contributed by atoms with van der Waals surface area (Å²) in [6.07, 6.45) is 1.63. The zero-order valence-corrected chi connectivity index (χ0v) is 11.3. The van der Waals surface area contributed by atoms with Crippen LogP contribution < -0.4 is 5.32 Å². The fourth-order valence-corrected chi connectivity index (χ4v) is 2.37. The molecule has 7 heteroatoms. The Balaban J connectivity index is 1.78. The smallest absolute Gasteiger partial charge is 0.266 e. The molecule has 2 rings (SSSR count). The summed E-state index contributed by atoms with van der Waals surface area (Å²) in [5.74, 6) is -0.271. The van der Waals surface area contributed by atoms with Gasteiger partial charge in [-0.2, -0.15) is 0 Å². The number of anilines is 1. The van der Waals surface area contributed by atoms with Crippen LogP contribution in [0.4, 0.5) is 5.13 Å². The van der Waals surface area contributed by atoms with Crippen LogP contribution >= 0.6 is 22.7 Å². The highest BCUT2D eigenvalue weighted by atomic mass is 32.1. The number of hydrogen-bond acceptors (Lipinski definition) is 6. The molecule has 0 saturated carbocycles. The van der Waals surface area contributed by atoms with Crippen molar-refractivity contribution in [1.29, 1.82) is 0 Å². The molecule has 0 bridgehead atoms. The summed E-state index contributed by atoms with van der Waals surface area (Å²) in [7, 11) is 0. The van der Waals surface area contributed by atoms with Crippen LogP contribution in [0, 0.1) is 0 Å². The average Bonchev–Trinajstić information content (AvgIpc) is 3.00. The number of oxime groups is 1. The first-order valence-electron chi connectivity index (χ1n) is 5.15. The summed E-state index contributed by atoms with van der Waals surface area (Å²) in [6.45, 7) is 1.72. The van der Waals surface area contributed by atoms with Crippen molar-refractivity contribution in [2.75, 3.05) is 11.9 Å². The van der Waals surface area contributed by atoms with Crippen molar-refractivity contribution in [3.8, 4) is 0 Å². The average molecular weight is 281 g/mol. The van der Waals surface area contributed by atoms with E-state index >= 15 is 0 Å². The van der Waals surface area contributed by atoms with Gasteiger partial charge in [0, 0.05) is 11.6 Å². The van der Waals surface area contributed by atoms with Crippen LogP contribution in [-0.2, 0) is 9.63 Å². The molecule has 1 N–H and O–H groups in total. The fraction of sp³-hybridized carbons (Fsp3) is 0.182. The number of thiazole rings is 1. The third-order valence-corrected chi connectivity index (χ3v) is 3.62. The van der Waals surface area contributed by atoms with Gasteiger partial charge in [-0.1, -0.05) is 11.2 Å². The zero-order valence-electron chi connectivity index (χ0n) is 9.62. The van der Waals surface area contributed by atoms with Gasteiger partial charge in [-0.3, -0.25) is 10.1 Å². The number of rotatable bonds is 5. The van der Waals surface area contributed by atoms with E-state index < -0.39 is 0 Å². The lowest BCUT2D eigenvalue weighted by Crippen LogP contribution is -2.17. The van der Waals surface area contributed by atoms with Crippen molar-refractivity contribution in [1.82, 2.24) is 4.98 Å². The van der Waals surface area contributed by atoms with Gasteiger partial charge in [0.15, 0.2) is 11.7 Å². The van der Waals surface area contributed by atoms with Crippen LogP contribution in [0.5, 0.6) is 0 Å². The van der Waals surface area contributed by atoms with Gasteiger partial charge in [0.2, 0.25) is 0 Å². The predicted octanol–water partition coefficient (Wildman–Crippen LogP) is 2.58. The van der Waals surface area contributed by atoms with E-state index in [2.05, 4.69) is 15.5 Å². The Kier molecular flexibility index (Phi) is 4.43. The molecule has 0 saturated heterocycles. The number of hydrogen-bond donors (Lipinski definition) is 1. The van der Waals surface area contributed by atoms with Crippen LogP contribution in [0.1, 0.15) is 11.8 Å². The number of nitrogens with zero attached hydrogens (tertiary/aromatic N) is 2. The van der Waals surface area contributed by atoms with Crippen molar-refractivity contribution < 1.29 is 9.63 Å².